The van der Waals surface area contributed by atoms with E-state index in [4.69, 9.17) is 14.2 Å². The molecule has 1 aliphatic heterocycles. The topological polar surface area (TPSA) is 134 Å². The number of azo groups is 1. The van der Waals surface area contributed by atoms with Crippen molar-refractivity contribution in [1.82, 2.24) is 14.8 Å². The van der Waals surface area contributed by atoms with Gasteiger partial charge in [-0.05, 0) is 31.5 Å². The monoisotopic (exact) mass is 513 g/mol. The highest BCUT2D eigenvalue weighted by molar-refractivity contribution is 6.15. The van der Waals surface area contributed by atoms with Crippen molar-refractivity contribution in [2.75, 3.05) is 20.3 Å². The molecule has 2 aromatic heterocycles. The minimum atomic E-state index is -1.49. The molecule has 5 rings (SSSR count). The molecule has 0 radical (unpaired) electrons. The summed E-state index contributed by atoms with van der Waals surface area (Å²) in [5, 5.41) is 12.8. The quantitative estimate of drug-likeness (QED) is 0.258. The average Bonchev–Trinajstić information content (AvgIpc) is 3.32. The summed E-state index contributed by atoms with van der Waals surface area (Å²) in [6.45, 7) is 3.56. The van der Waals surface area contributed by atoms with Crippen molar-refractivity contribution in [3.8, 4) is 28.1 Å². The molecule has 0 fully saturated rings. The Bertz CT molecular complexity index is 1580. The van der Waals surface area contributed by atoms with E-state index in [1.54, 1.807) is 45.2 Å². The molecular formula is C27H23N5O6. The van der Waals surface area contributed by atoms with Crippen molar-refractivity contribution in [1.29, 1.82) is 0 Å². The first kappa shape index (κ1) is 24.8. The first-order valence-corrected chi connectivity index (χ1v) is 11.9. The Morgan fingerprint density at radius 2 is 1.66 bits per heavy atom. The predicted molar refractivity (Wildman–Crippen MR) is 136 cm³/mol. The molecule has 0 N–H and O–H groups in total. The van der Waals surface area contributed by atoms with Crippen LogP contribution in [0, 0.1) is 0 Å². The fraction of sp³-hybridized carbons (Fsp3) is 0.222. The zero-order valence-corrected chi connectivity index (χ0v) is 20.9. The van der Waals surface area contributed by atoms with Crippen molar-refractivity contribution < 1.29 is 28.6 Å². The molecule has 3 heterocycles. The largest absolute Gasteiger partial charge is 0.497 e. The Labute approximate surface area is 217 Å². The molecule has 1 atom stereocenters. The van der Waals surface area contributed by atoms with Gasteiger partial charge in [0.05, 0.1) is 37.0 Å². The highest BCUT2D eigenvalue weighted by Crippen LogP contribution is 2.43. The maximum atomic E-state index is 13.5. The van der Waals surface area contributed by atoms with Crippen LogP contribution in [0.2, 0.25) is 0 Å². The van der Waals surface area contributed by atoms with Crippen molar-refractivity contribution in [2.24, 2.45) is 10.2 Å². The lowest BCUT2D eigenvalue weighted by Crippen LogP contribution is -2.36. The van der Waals surface area contributed by atoms with E-state index in [0.717, 1.165) is 4.68 Å². The molecule has 38 heavy (non-hydrogen) atoms. The van der Waals surface area contributed by atoms with Crippen LogP contribution in [0.4, 0.5) is 5.82 Å². The van der Waals surface area contributed by atoms with Gasteiger partial charge in [0.2, 0.25) is 6.04 Å². The van der Waals surface area contributed by atoms with Gasteiger partial charge in [-0.3, -0.25) is 4.79 Å². The van der Waals surface area contributed by atoms with Crippen LogP contribution in [0.1, 0.15) is 29.0 Å². The number of fused-ring (bicyclic) bond motifs is 3. The van der Waals surface area contributed by atoms with E-state index < -0.39 is 23.9 Å². The fourth-order valence-corrected chi connectivity index (χ4v) is 4.25. The van der Waals surface area contributed by atoms with Gasteiger partial charge in [0, 0.05) is 11.1 Å². The second-order valence-electron chi connectivity index (χ2n) is 8.17. The highest BCUT2D eigenvalue weighted by Gasteiger charge is 2.38. The number of rotatable bonds is 7. The lowest BCUT2D eigenvalue weighted by Gasteiger charge is -2.16. The minimum absolute atomic E-state index is 0.0500. The molecule has 1 aliphatic rings. The third-order valence-corrected chi connectivity index (χ3v) is 5.92. The van der Waals surface area contributed by atoms with E-state index in [-0.39, 0.29) is 30.2 Å². The number of carbonyl (C=O) groups is 3. The molecule has 0 spiro atoms. The van der Waals surface area contributed by atoms with Crippen LogP contribution in [-0.2, 0) is 14.3 Å². The van der Waals surface area contributed by atoms with E-state index in [2.05, 4.69) is 20.3 Å². The first-order chi connectivity index (χ1) is 18.5. The fourth-order valence-electron chi connectivity index (χ4n) is 4.25. The molecule has 2 aromatic carbocycles. The molecule has 0 amide bonds. The number of esters is 2. The van der Waals surface area contributed by atoms with Crippen molar-refractivity contribution in [2.45, 2.75) is 19.9 Å². The summed E-state index contributed by atoms with van der Waals surface area (Å²) >= 11 is 0. The molecule has 0 aliphatic carbocycles. The maximum Gasteiger partial charge on any atom is 0.342 e. The first-order valence-electron chi connectivity index (χ1n) is 11.9. The zero-order valence-electron chi connectivity index (χ0n) is 20.9. The van der Waals surface area contributed by atoms with Gasteiger partial charge < -0.3 is 14.2 Å². The van der Waals surface area contributed by atoms with Crippen LogP contribution in [0.5, 0.6) is 5.75 Å². The third-order valence-electron chi connectivity index (χ3n) is 5.92. The van der Waals surface area contributed by atoms with Gasteiger partial charge in [0.1, 0.15) is 5.75 Å². The summed E-state index contributed by atoms with van der Waals surface area (Å²) in [5.41, 5.74) is 2.33. The second kappa shape index (κ2) is 10.2. The van der Waals surface area contributed by atoms with Gasteiger partial charge in [0.25, 0.3) is 5.91 Å². The summed E-state index contributed by atoms with van der Waals surface area (Å²) in [6.07, 6.45) is 0. The van der Waals surface area contributed by atoms with Crippen LogP contribution < -0.4 is 4.74 Å². The Kier molecular flexibility index (Phi) is 6.65. The number of aromatic nitrogens is 3. The van der Waals surface area contributed by atoms with E-state index in [9.17, 15) is 14.4 Å². The number of benzene rings is 2. The van der Waals surface area contributed by atoms with E-state index >= 15 is 0 Å². The predicted octanol–water partition coefficient (Wildman–Crippen LogP) is 4.62. The van der Waals surface area contributed by atoms with Crippen molar-refractivity contribution in [3.63, 3.8) is 0 Å². The summed E-state index contributed by atoms with van der Waals surface area (Å²) < 4.78 is 16.7. The molecule has 11 heteroatoms. The minimum Gasteiger partial charge on any atom is -0.497 e. The number of methoxy groups -OCH3 is 1. The number of nitrogens with zero attached hydrogens (tertiary/aromatic N) is 5. The Hall–Kier alpha value is -4.93. The van der Waals surface area contributed by atoms with Crippen LogP contribution >= 0.6 is 0 Å². The molecule has 1 unspecified atom stereocenters. The van der Waals surface area contributed by atoms with Gasteiger partial charge in [-0.15, -0.1) is 10.2 Å². The summed E-state index contributed by atoms with van der Waals surface area (Å²) in [4.78, 5) is 43.7. The van der Waals surface area contributed by atoms with E-state index in [1.165, 1.54) is 0 Å². The van der Waals surface area contributed by atoms with Crippen molar-refractivity contribution in [3.05, 3.63) is 60.2 Å². The number of ether oxygens (including phenoxy) is 3. The molecule has 0 bridgehead atoms. The average molecular weight is 514 g/mol. The SMILES string of the molecule is CCOC(=O)c1c(-c2ccccc2)nc2nn3c(c2c1-c1ccc(OC)cc1)N=NC(C(=O)OCC)C3=O. The molecule has 192 valence electrons. The lowest BCUT2D eigenvalue weighted by atomic mass is 9.93. The highest BCUT2D eigenvalue weighted by atomic mass is 16.5. The van der Waals surface area contributed by atoms with Gasteiger partial charge in [-0.2, -0.15) is 9.80 Å². The zero-order chi connectivity index (χ0) is 26.8. The Balaban J connectivity index is 1.86. The summed E-state index contributed by atoms with van der Waals surface area (Å²) in [6, 6.07) is 14.7. The van der Waals surface area contributed by atoms with Crippen LogP contribution in [-0.4, -0.2) is 59.0 Å². The number of carbonyl (C=O) groups excluding carboxylic acids is 3. The summed E-state index contributed by atoms with van der Waals surface area (Å²) in [7, 11) is 1.55. The Morgan fingerprint density at radius 1 is 0.947 bits per heavy atom. The lowest BCUT2D eigenvalue weighted by molar-refractivity contribution is -0.143. The second-order valence-corrected chi connectivity index (χ2v) is 8.17. The number of pyridine rings is 1. The molecule has 4 aromatic rings. The smallest absolute Gasteiger partial charge is 0.342 e. The van der Waals surface area contributed by atoms with Gasteiger partial charge in [-0.25, -0.2) is 14.6 Å². The number of hydrogen-bond acceptors (Lipinski definition) is 10. The molecule has 0 saturated carbocycles. The van der Waals surface area contributed by atoms with Crippen LogP contribution in [0.3, 0.4) is 0 Å². The maximum absolute atomic E-state index is 13.5. The van der Waals surface area contributed by atoms with Crippen molar-refractivity contribution >= 4 is 34.7 Å². The van der Waals surface area contributed by atoms with Gasteiger partial charge in [0.15, 0.2) is 11.5 Å². The van der Waals surface area contributed by atoms with E-state index in [1.807, 2.05) is 30.3 Å². The summed E-state index contributed by atoms with van der Waals surface area (Å²) in [5.74, 6) is -1.49. The third kappa shape index (κ3) is 4.17. The standard InChI is InChI=1S/C27H23N5O6/c1-4-37-26(34)19-18(15-11-13-17(36-3)14-12-15)20-23(28-21(19)16-9-7-6-8-10-16)31-32-24(20)30-29-22(25(32)33)27(35)38-5-2/h6-14,22H,4-5H2,1-3H3. The van der Waals surface area contributed by atoms with Gasteiger partial charge in [-0.1, -0.05) is 42.5 Å². The molecule has 11 nitrogen and oxygen atoms in total. The Morgan fingerprint density at radius 3 is 2.32 bits per heavy atom. The normalized spacial score (nSPS) is 14.3. The number of hydrogen-bond donors (Lipinski definition) is 0. The van der Waals surface area contributed by atoms with Crippen LogP contribution in [0.15, 0.2) is 64.8 Å². The van der Waals surface area contributed by atoms with Gasteiger partial charge >= 0.3 is 11.9 Å². The van der Waals surface area contributed by atoms with Crippen LogP contribution in [0.25, 0.3) is 33.4 Å². The molecular weight excluding hydrogens is 490 g/mol. The molecule has 0 saturated heterocycles. The van der Waals surface area contributed by atoms with E-state index in [0.29, 0.717) is 33.5 Å².